The van der Waals surface area contributed by atoms with Crippen molar-refractivity contribution in [3.63, 3.8) is 0 Å². The molecule has 116 valence electrons. The molecule has 0 N–H and O–H groups in total. The van der Waals surface area contributed by atoms with Gasteiger partial charge in [-0.3, -0.25) is 4.79 Å². The number of hydrogen-bond acceptors (Lipinski definition) is 5. The number of anilines is 1. The molecule has 0 bridgehead atoms. The van der Waals surface area contributed by atoms with Gasteiger partial charge >= 0.3 is 5.97 Å². The molecule has 5 heteroatoms. The van der Waals surface area contributed by atoms with Crippen molar-refractivity contribution in [2.24, 2.45) is 0 Å². The van der Waals surface area contributed by atoms with Gasteiger partial charge < -0.3 is 9.64 Å². The number of carbonyl (C=O) groups is 1. The molecule has 1 saturated heterocycles. The minimum atomic E-state index is -0.132. The summed E-state index contributed by atoms with van der Waals surface area (Å²) in [5, 5.41) is 1.11. The summed E-state index contributed by atoms with van der Waals surface area (Å²) >= 11 is 1.79. The summed E-state index contributed by atoms with van der Waals surface area (Å²) < 4.78 is 5.19. The van der Waals surface area contributed by atoms with Crippen molar-refractivity contribution in [3.05, 3.63) is 10.6 Å². The fraction of sp³-hybridized carbons (Fsp3) is 0.750. The molecule has 1 aliphatic carbocycles. The predicted octanol–water partition coefficient (Wildman–Crippen LogP) is 3.50. The van der Waals surface area contributed by atoms with Crippen molar-refractivity contribution in [1.82, 2.24) is 4.98 Å². The Kier molecular flexibility index (Phi) is 4.48. The quantitative estimate of drug-likeness (QED) is 0.802. The molecule has 21 heavy (non-hydrogen) atoms. The average Bonchev–Trinajstić information content (AvgIpc) is 2.96. The van der Waals surface area contributed by atoms with Gasteiger partial charge in [0, 0.05) is 17.5 Å². The van der Waals surface area contributed by atoms with E-state index in [1.807, 2.05) is 6.92 Å². The van der Waals surface area contributed by atoms with Crippen molar-refractivity contribution in [2.45, 2.75) is 64.3 Å². The number of aryl methyl sites for hydroxylation is 1. The van der Waals surface area contributed by atoms with Crippen molar-refractivity contribution >= 4 is 22.4 Å². The maximum Gasteiger partial charge on any atom is 0.315 e. The van der Waals surface area contributed by atoms with E-state index in [1.165, 1.54) is 30.6 Å². The van der Waals surface area contributed by atoms with Crippen LogP contribution >= 0.6 is 11.3 Å². The minimum absolute atomic E-state index is 0.1000. The number of thiazole rings is 1. The zero-order chi connectivity index (χ0) is 14.8. The molecule has 0 radical (unpaired) electrons. The lowest BCUT2D eigenvalue weighted by Crippen LogP contribution is -2.32. The van der Waals surface area contributed by atoms with Crippen LogP contribution in [0.5, 0.6) is 0 Å². The maximum absolute atomic E-state index is 12.0. The second kappa shape index (κ2) is 6.34. The first-order valence-corrected chi connectivity index (χ1v) is 8.95. The van der Waals surface area contributed by atoms with Gasteiger partial charge in [-0.05, 0) is 39.5 Å². The number of esters is 1. The largest absolute Gasteiger partial charge is 0.465 e. The molecule has 1 fully saturated rings. The molecule has 0 aromatic carbocycles. The van der Waals surface area contributed by atoms with Gasteiger partial charge in [-0.1, -0.05) is 12.8 Å². The molecule has 2 unspecified atom stereocenters. The highest BCUT2D eigenvalue weighted by molar-refractivity contribution is 7.15. The van der Waals surface area contributed by atoms with Crippen molar-refractivity contribution in [3.8, 4) is 0 Å². The standard InChI is InChI=1S/C16H24N2O2S/c1-3-20-15(19)12-8-9-13-14(12)17-16(21-13)18-10-6-4-5-7-11(18)2/h11-12H,3-10H2,1-2H3. The summed E-state index contributed by atoms with van der Waals surface area (Å²) in [6.07, 6.45) is 6.95. The molecule has 0 amide bonds. The molecule has 1 aromatic heterocycles. The first kappa shape index (κ1) is 14.8. The van der Waals surface area contributed by atoms with E-state index in [9.17, 15) is 4.79 Å². The maximum atomic E-state index is 12.0. The lowest BCUT2D eigenvalue weighted by Gasteiger charge is -2.26. The van der Waals surface area contributed by atoms with Gasteiger partial charge in [0.15, 0.2) is 5.13 Å². The topological polar surface area (TPSA) is 42.4 Å². The smallest absolute Gasteiger partial charge is 0.315 e. The van der Waals surface area contributed by atoms with Gasteiger partial charge in [0.1, 0.15) is 5.92 Å². The van der Waals surface area contributed by atoms with Gasteiger partial charge in [0.05, 0.1) is 12.3 Å². The summed E-state index contributed by atoms with van der Waals surface area (Å²) in [6.45, 7) is 5.70. The Hall–Kier alpha value is -1.10. The minimum Gasteiger partial charge on any atom is -0.465 e. The molecular weight excluding hydrogens is 284 g/mol. The third-order valence-corrected chi connectivity index (χ3v) is 5.74. The second-order valence-corrected chi connectivity index (χ2v) is 7.10. The van der Waals surface area contributed by atoms with Gasteiger partial charge in [-0.25, -0.2) is 4.98 Å². The highest BCUT2D eigenvalue weighted by atomic mass is 32.1. The summed E-state index contributed by atoms with van der Waals surface area (Å²) in [5.41, 5.74) is 0.991. The molecule has 3 rings (SSSR count). The number of hydrogen-bond donors (Lipinski definition) is 0. The van der Waals surface area contributed by atoms with E-state index in [1.54, 1.807) is 11.3 Å². The highest BCUT2D eigenvalue weighted by Crippen LogP contribution is 2.41. The predicted molar refractivity (Wildman–Crippen MR) is 85.1 cm³/mol. The van der Waals surface area contributed by atoms with E-state index < -0.39 is 0 Å². The van der Waals surface area contributed by atoms with Gasteiger partial charge in [0.25, 0.3) is 0 Å². The average molecular weight is 308 g/mol. The van der Waals surface area contributed by atoms with Crippen LogP contribution in [0.25, 0.3) is 0 Å². The van der Waals surface area contributed by atoms with Crippen LogP contribution in [-0.4, -0.2) is 30.1 Å². The Morgan fingerprint density at radius 1 is 1.38 bits per heavy atom. The fourth-order valence-electron chi connectivity index (χ4n) is 3.37. The van der Waals surface area contributed by atoms with E-state index in [2.05, 4.69) is 11.8 Å². The molecule has 2 atom stereocenters. The lowest BCUT2D eigenvalue weighted by atomic mass is 10.1. The Labute approximate surface area is 130 Å². The zero-order valence-corrected chi connectivity index (χ0v) is 13.7. The van der Waals surface area contributed by atoms with E-state index >= 15 is 0 Å². The normalized spacial score (nSPS) is 25.5. The SMILES string of the molecule is CCOC(=O)C1CCc2sc(N3CCCCCC3C)nc21. The van der Waals surface area contributed by atoms with Crippen LogP contribution < -0.4 is 4.90 Å². The van der Waals surface area contributed by atoms with E-state index in [-0.39, 0.29) is 11.9 Å². The molecule has 4 nitrogen and oxygen atoms in total. The van der Waals surface area contributed by atoms with Crippen LogP contribution in [0, 0.1) is 0 Å². The molecule has 0 saturated carbocycles. The van der Waals surface area contributed by atoms with Crippen LogP contribution in [0.3, 0.4) is 0 Å². The number of fused-ring (bicyclic) bond motifs is 1. The second-order valence-electron chi connectivity index (χ2n) is 6.04. The van der Waals surface area contributed by atoms with Crippen LogP contribution in [-0.2, 0) is 16.0 Å². The molecule has 1 aromatic rings. The van der Waals surface area contributed by atoms with Crippen molar-refractivity contribution in [1.29, 1.82) is 0 Å². The Morgan fingerprint density at radius 2 is 2.24 bits per heavy atom. The molecule has 2 aliphatic rings. The summed E-state index contributed by atoms with van der Waals surface area (Å²) in [7, 11) is 0. The first-order chi connectivity index (χ1) is 10.2. The van der Waals surface area contributed by atoms with Crippen LogP contribution in [0.15, 0.2) is 0 Å². The summed E-state index contributed by atoms with van der Waals surface area (Å²) in [5.74, 6) is -0.232. The Bertz CT molecular complexity index is 514. The fourth-order valence-corrected chi connectivity index (χ4v) is 4.63. The lowest BCUT2D eigenvalue weighted by molar-refractivity contribution is -0.145. The first-order valence-electron chi connectivity index (χ1n) is 8.13. The number of aromatic nitrogens is 1. The van der Waals surface area contributed by atoms with Gasteiger partial charge in [-0.2, -0.15) is 0 Å². The van der Waals surface area contributed by atoms with E-state index in [4.69, 9.17) is 9.72 Å². The van der Waals surface area contributed by atoms with Gasteiger partial charge in [0.2, 0.25) is 0 Å². The molecule has 1 aliphatic heterocycles. The van der Waals surface area contributed by atoms with Crippen molar-refractivity contribution < 1.29 is 9.53 Å². The summed E-state index contributed by atoms with van der Waals surface area (Å²) in [4.78, 5) is 20.6. The van der Waals surface area contributed by atoms with Crippen LogP contribution in [0.1, 0.15) is 62.4 Å². The third kappa shape index (κ3) is 2.93. The highest BCUT2D eigenvalue weighted by Gasteiger charge is 2.34. The van der Waals surface area contributed by atoms with Crippen molar-refractivity contribution in [2.75, 3.05) is 18.1 Å². The summed E-state index contributed by atoms with van der Waals surface area (Å²) in [6, 6.07) is 0.555. The number of rotatable bonds is 3. The number of nitrogens with zero attached hydrogens (tertiary/aromatic N) is 2. The van der Waals surface area contributed by atoms with Crippen LogP contribution in [0.4, 0.5) is 5.13 Å². The zero-order valence-electron chi connectivity index (χ0n) is 12.9. The third-order valence-electron chi connectivity index (χ3n) is 4.58. The van der Waals surface area contributed by atoms with Gasteiger partial charge in [-0.15, -0.1) is 11.3 Å². The monoisotopic (exact) mass is 308 g/mol. The van der Waals surface area contributed by atoms with E-state index in [0.717, 1.165) is 30.2 Å². The number of carbonyl (C=O) groups excluding carboxylic acids is 1. The molecular formula is C16H24N2O2S. The molecule has 0 spiro atoms. The Balaban J connectivity index is 1.81. The van der Waals surface area contributed by atoms with E-state index in [0.29, 0.717) is 12.6 Å². The van der Waals surface area contributed by atoms with Crippen LogP contribution in [0.2, 0.25) is 0 Å². The molecule has 2 heterocycles. The Morgan fingerprint density at radius 3 is 3.05 bits per heavy atom. The number of ether oxygens (including phenoxy) is 1.